The minimum atomic E-state index is 0.450. The van der Waals surface area contributed by atoms with Crippen LogP contribution in [0.15, 0.2) is 35.3 Å². The van der Waals surface area contributed by atoms with Gasteiger partial charge in [-0.1, -0.05) is 38.1 Å². The third-order valence-corrected chi connectivity index (χ3v) is 3.98. The van der Waals surface area contributed by atoms with Crippen LogP contribution in [0.2, 0.25) is 0 Å². The molecule has 1 aromatic carbocycles. The van der Waals surface area contributed by atoms with Crippen molar-refractivity contribution in [3.8, 4) is 16.6 Å². The number of nitrogens with zero attached hydrogens (tertiary/aromatic N) is 2. The van der Waals surface area contributed by atoms with Gasteiger partial charge in [-0.05, 0) is 18.4 Å². The molecule has 0 aliphatic heterocycles. The lowest BCUT2D eigenvalue weighted by molar-refractivity contribution is 0.867. The number of allylic oxidation sites excluding steroid dienone is 2. The third-order valence-electron chi connectivity index (χ3n) is 3.09. The van der Waals surface area contributed by atoms with Gasteiger partial charge in [-0.25, -0.2) is 4.98 Å². The summed E-state index contributed by atoms with van der Waals surface area (Å²) in [5.41, 5.74) is 9.68. The molecule has 20 heavy (non-hydrogen) atoms. The normalized spacial score (nSPS) is 12.2. The van der Waals surface area contributed by atoms with Crippen molar-refractivity contribution in [3.63, 3.8) is 0 Å². The van der Waals surface area contributed by atoms with Crippen LogP contribution in [0.1, 0.15) is 37.9 Å². The van der Waals surface area contributed by atoms with Crippen molar-refractivity contribution in [1.29, 1.82) is 5.26 Å². The highest BCUT2D eigenvalue weighted by Gasteiger charge is 2.10. The highest BCUT2D eigenvalue weighted by atomic mass is 32.1. The summed E-state index contributed by atoms with van der Waals surface area (Å²) < 4.78 is 0. The lowest BCUT2D eigenvalue weighted by Crippen LogP contribution is -1.96. The van der Waals surface area contributed by atoms with E-state index in [4.69, 9.17) is 11.0 Å². The number of rotatable bonds is 3. The maximum absolute atomic E-state index is 9.10. The van der Waals surface area contributed by atoms with Crippen LogP contribution >= 0.6 is 11.3 Å². The number of hydrogen-bond acceptors (Lipinski definition) is 4. The van der Waals surface area contributed by atoms with E-state index in [0.717, 1.165) is 10.6 Å². The Hall–Kier alpha value is -2.12. The molecule has 4 heteroatoms. The summed E-state index contributed by atoms with van der Waals surface area (Å²) >= 11 is 1.53. The molecular weight excluding hydrogens is 266 g/mol. The summed E-state index contributed by atoms with van der Waals surface area (Å²) in [7, 11) is 0. The molecule has 1 heterocycles. The second-order valence-electron chi connectivity index (χ2n) is 4.98. The monoisotopic (exact) mass is 283 g/mol. The maximum Gasteiger partial charge on any atom is 0.124 e. The molecule has 0 saturated carbocycles. The van der Waals surface area contributed by atoms with Crippen LogP contribution in [-0.4, -0.2) is 4.98 Å². The van der Waals surface area contributed by atoms with Crippen molar-refractivity contribution in [2.24, 2.45) is 5.73 Å². The minimum absolute atomic E-state index is 0.450. The van der Waals surface area contributed by atoms with Crippen LogP contribution < -0.4 is 5.73 Å². The van der Waals surface area contributed by atoms with E-state index in [-0.39, 0.29) is 0 Å². The van der Waals surface area contributed by atoms with E-state index >= 15 is 0 Å². The van der Waals surface area contributed by atoms with Gasteiger partial charge in [-0.15, -0.1) is 11.3 Å². The van der Waals surface area contributed by atoms with Gasteiger partial charge in [-0.2, -0.15) is 5.26 Å². The average Bonchev–Trinajstić information content (AvgIpc) is 2.88. The molecule has 0 aliphatic carbocycles. The van der Waals surface area contributed by atoms with Crippen LogP contribution in [0.3, 0.4) is 0 Å². The summed E-state index contributed by atoms with van der Waals surface area (Å²) in [6.07, 6.45) is 0. The zero-order chi connectivity index (χ0) is 14.7. The zero-order valence-corrected chi connectivity index (χ0v) is 12.7. The van der Waals surface area contributed by atoms with Crippen molar-refractivity contribution < 1.29 is 0 Å². The topological polar surface area (TPSA) is 62.7 Å². The van der Waals surface area contributed by atoms with E-state index in [1.54, 1.807) is 6.92 Å². The molecule has 0 radical (unpaired) electrons. The Labute approximate surface area is 123 Å². The molecular formula is C16H17N3S. The first-order valence-corrected chi connectivity index (χ1v) is 7.33. The van der Waals surface area contributed by atoms with E-state index in [1.165, 1.54) is 16.9 Å². The first-order valence-electron chi connectivity index (χ1n) is 6.45. The third kappa shape index (κ3) is 2.89. The molecule has 102 valence electrons. The van der Waals surface area contributed by atoms with E-state index in [0.29, 0.717) is 22.9 Å². The molecule has 0 bridgehead atoms. The smallest absolute Gasteiger partial charge is 0.124 e. The van der Waals surface area contributed by atoms with Crippen molar-refractivity contribution in [1.82, 2.24) is 4.98 Å². The first kappa shape index (κ1) is 14.3. The molecule has 0 aliphatic rings. The maximum atomic E-state index is 9.10. The summed E-state index contributed by atoms with van der Waals surface area (Å²) in [5.74, 6) is 0.518. The molecule has 2 aromatic rings. The number of hydrogen-bond donors (Lipinski definition) is 1. The minimum Gasteiger partial charge on any atom is -0.401 e. The van der Waals surface area contributed by atoms with Crippen LogP contribution in [0.25, 0.3) is 16.1 Å². The Balaban J connectivity index is 2.34. The van der Waals surface area contributed by atoms with E-state index in [1.807, 2.05) is 5.38 Å². The second kappa shape index (κ2) is 5.89. The highest BCUT2D eigenvalue weighted by molar-refractivity contribution is 7.13. The highest BCUT2D eigenvalue weighted by Crippen LogP contribution is 2.28. The van der Waals surface area contributed by atoms with Gasteiger partial charge < -0.3 is 5.73 Å². The molecule has 0 spiro atoms. The standard InChI is InChI=1S/C16H17N3S/c1-10(2)12-4-6-13(7-5-12)16-19-15(9-20-16)14(8-17)11(3)18/h4-7,9-10H,18H2,1-3H3/b14-11+. The van der Waals surface area contributed by atoms with Crippen LogP contribution in [0.5, 0.6) is 0 Å². The number of thiazole rings is 1. The van der Waals surface area contributed by atoms with Crippen LogP contribution in [-0.2, 0) is 0 Å². The fourth-order valence-corrected chi connectivity index (χ4v) is 2.70. The van der Waals surface area contributed by atoms with Crippen molar-refractivity contribution in [2.45, 2.75) is 26.7 Å². The largest absolute Gasteiger partial charge is 0.401 e. The van der Waals surface area contributed by atoms with Gasteiger partial charge >= 0.3 is 0 Å². The average molecular weight is 283 g/mol. The summed E-state index contributed by atoms with van der Waals surface area (Å²) in [6, 6.07) is 10.5. The zero-order valence-electron chi connectivity index (χ0n) is 11.8. The lowest BCUT2D eigenvalue weighted by Gasteiger charge is -2.05. The van der Waals surface area contributed by atoms with Gasteiger partial charge in [0.25, 0.3) is 0 Å². The number of nitriles is 1. The fraction of sp³-hybridized carbons (Fsp3) is 0.250. The van der Waals surface area contributed by atoms with E-state index in [9.17, 15) is 0 Å². The Kier molecular flexibility index (Phi) is 4.21. The summed E-state index contributed by atoms with van der Waals surface area (Å²) in [4.78, 5) is 4.51. The van der Waals surface area contributed by atoms with Gasteiger partial charge in [0, 0.05) is 16.6 Å². The van der Waals surface area contributed by atoms with Crippen molar-refractivity contribution >= 4 is 16.9 Å². The van der Waals surface area contributed by atoms with E-state index < -0.39 is 0 Å². The van der Waals surface area contributed by atoms with E-state index in [2.05, 4.69) is 49.2 Å². The van der Waals surface area contributed by atoms with Gasteiger partial charge in [0.15, 0.2) is 0 Å². The predicted molar refractivity (Wildman–Crippen MR) is 84.0 cm³/mol. The lowest BCUT2D eigenvalue weighted by atomic mass is 10.0. The van der Waals surface area contributed by atoms with Gasteiger partial charge in [0.2, 0.25) is 0 Å². The Bertz CT molecular complexity index is 668. The van der Waals surface area contributed by atoms with Gasteiger partial charge in [-0.3, -0.25) is 0 Å². The molecule has 0 atom stereocenters. The van der Waals surface area contributed by atoms with Crippen molar-refractivity contribution in [3.05, 3.63) is 46.6 Å². The Morgan fingerprint density at radius 3 is 2.45 bits per heavy atom. The number of benzene rings is 1. The second-order valence-corrected chi connectivity index (χ2v) is 5.84. The molecule has 2 N–H and O–H groups in total. The van der Waals surface area contributed by atoms with Gasteiger partial charge in [0.05, 0.1) is 11.3 Å². The number of aromatic nitrogens is 1. The Morgan fingerprint density at radius 1 is 1.30 bits per heavy atom. The molecule has 0 amide bonds. The Morgan fingerprint density at radius 2 is 1.95 bits per heavy atom. The molecule has 0 unspecified atom stereocenters. The first-order chi connectivity index (χ1) is 9.52. The SMILES string of the molecule is C/C(N)=C(/C#N)c1csc(-c2ccc(C(C)C)cc2)n1. The van der Waals surface area contributed by atoms with Crippen molar-refractivity contribution in [2.75, 3.05) is 0 Å². The summed E-state index contributed by atoms with van der Waals surface area (Å²) in [6.45, 7) is 6.06. The summed E-state index contributed by atoms with van der Waals surface area (Å²) in [5, 5.41) is 11.9. The van der Waals surface area contributed by atoms with Crippen LogP contribution in [0, 0.1) is 11.3 Å². The molecule has 0 saturated heterocycles. The molecule has 0 fully saturated rings. The quantitative estimate of drug-likeness (QED) is 0.861. The van der Waals surface area contributed by atoms with Gasteiger partial charge in [0.1, 0.15) is 11.1 Å². The molecule has 3 nitrogen and oxygen atoms in total. The predicted octanol–water partition coefficient (Wildman–Crippen LogP) is 4.15. The molecule has 2 rings (SSSR count). The molecule has 1 aromatic heterocycles. The number of nitrogens with two attached hydrogens (primary N) is 1. The fourth-order valence-electron chi connectivity index (χ4n) is 1.88. The van der Waals surface area contributed by atoms with Crippen LogP contribution in [0.4, 0.5) is 0 Å².